The van der Waals surface area contributed by atoms with Gasteiger partial charge in [-0.25, -0.2) is 0 Å². The van der Waals surface area contributed by atoms with Crippen LogP contribution in [0.2, 0.25) is 0 Å². The fourth-order valence-corrected chi connectivity index (χ4v) is 2.57. The summed E-state index contributed by atoms with van der Waals surface area (Å²) in [5.74, 6) is 1.83. The highest BCUT2D eigenvalue weighted by atomic mass is 16.5. The van der Waals surface area contributed by atoms with Crippen LogP contribution in [0.25, 0.3) is 5.65 Å². The second kappa shape index (κ2) is 6.15. The number of aryl methyl sites for hydroxylation is 1. The lowest BCUT2D eigenvalue weighted by atomic mass is 10.1. The van der Waals surface area contributed by atoms with Gasteiger partial charge in [-0.1, -0.05) is 18.2 Å². The van der Waals surface area contributed by atoms with Crippen LogP contribution in [0.15, 0.2) is 42.6 Å². The van der Waals surface area contributed by atoms with Crippen LogP contribution >= 0.6 is 0 Å². The van der Waals surface area contributed by atoms with Gasteiger partial charge >= 0.3 is 0 Å². The third kappa shape index (κ3) is 2.80. The van der Waals surface area contributed by atoms with Crippen LogP contribution in [-0.4, -0.2) is 21.7 Å². The van der Waals surface area contributed by atoms with Crippen LogP contribution in [0, 0.1) is 6.92 Å². The Morgan fingerprint density at radius 1 is 1.23 bits per heavy atom. The van der Waals surface area contributed by atoms with Crippen molar-refractivity contribution in [3.8, 4) is 5.75 Å². The highest BCUT2D eigenvalue weighted by Crippen LogP contribution is 2.19. The molecular weight excluding hydrogens is 276 g/mol. The van der Waals surface area contributed by atoms with Crippen molar-refractivity contribution >= 4 is 5.65 Å². The molecule has 5 nitrogen and oxygen atoms in total. The Morgan fingerprint density at radius 2 is 2.09 bits per heavy atom. The van der Waals surface area contributed by atoms with Gasteiger partial charge in [0.2, 0.25) is 0 Å². The quantitative estimate of drug-likeness (QED) is 0.786. The topological polar surface area (TPSA) is 51.5 Å². The first-order valence-corrected chi connectivity index (χ1v) is 7.35. The Hall–Kier alpha value is -2.40. The Labute approximate surface area is 130 Å². The van der Waals surface area contributed by atoms with Crippen LogP contribution in [0.1, 0.15) is 29.9 Å². The molecule has 2 heterocycles. The zero-order chi connectivity index (χ0) is 15.5. The Balaban J connectivity index is 1.72. The number of fused-ring (bicyclic) bond motifs is 1. The number of methoxy groups -OCH3 is 1. The minimum atomic E-state index is 0.111. The molecule has 0 saturated carbocycles. The van der Waals surface area contributed by atoms with Crippen LogP contribution in [0.5, 0.6) is 5.75 Å². The van der Waals surface area contributed by atoms with Crippen molar-refractivity contribution in [2.24, 2.45) is 0 Å². The van der Waals surface area contributed by atoms with Gasteiger partial charge in [-0.2, -0.15) is 0 Å². The molecule has 1 aromatic carbocycles. The van der Waals surface area contributed by atoms with Gasteiger partial charge in [0.05, 0.1) is 13.2 Å². The maximum atomic E-state index is 5.29. The number of nitrogens with zero attached hydrogens (tertiary/aromatic N) is 3. The molecule has 3 rings (SSSR count). The molecule has 0 radical (unpaired) electrons. The Bertz CT molecular complexity index is 781. The van der Waals surface area contributed by atoms with Crippen LogP contribution in [0.3, 0.4) is 0 Å². The zero-order valence-electron chi connectivity index (χ0n) is 13.1. The van der Waals surface area contributed by atoms with Gasteiger partial charge in [0.25, 0.3) is 0 Å². The SMILES string of the molecule is COc1ccc(CNC(C)c2nnc3ccccn23)cc1C. The van der Waals surface area contributed by atoms with Crippen molar-refractivity contribution < 1.29 is 4.74 Å². The maximum Gasteiger partial charge on any atom is 0.160 e. The van der Waals surface area contributed by atoms with E-state index in [-0.39, 0.29) is 6.04 Å². The molecule has 0 amide bonds. The summed E-state index contributed by atoms with van der Waals surface area (Å²) in [6, 6.07) is 12.2. The van der Waals surface area contributed by atoms with Gasteiger partial charge in [-0.15, -0.1) is 10.2 Å². The molecule has 1 N–H and O–H groups in total. The number of pyridine rings is 1. The highest BCUT2D eigenvalue weighted by Gasteiger charge is 2.12. The average Bonchev–Trinajstić information content (AvgIpc) is 2.97. The molecule has 0 aliphatic heterocycles. The molecule has 0 fully saturated rings. The monoisotopic (exact) mass is 296 g/mol. The summed E-state index contributed by atoms with van der Waals surface area (Å²) in [5, 5.41) is 12.0. The average molecular weight is 296 g/mol. The van der Waals surface area contributed by atoms with Crippen molar-refractivity contribution in [2.75, 3.05) is 7.11 Å². The van der Waals surface area contributed by atoms with Crippen LogP contribution in [-0.2, 0) is 6.54 Å². The first-order chi connectivity index (χ1) is 10.7. The van der Waals surface area contributed by atoms with Gasteiger partial charge in [-0.05, 0) is 43.2 Å². The van der Waals surface area contributed by atoms with Crippen LogP contribution in [0.4, 0.5) is 0 Å². The number of rotatable bonds is 5. The van der Waals surface area contributed by atoms with Crippen LogP contribution < -0.4 is 10.1 Å². The molecule has 0 bridgehead atoms. The van der Waals surface area contributed by atoms with Crippen molar-refractivity contribution in [1.29, 1.82) is 0 Å². The van der Waals surface area contributed by atoms with Gasteiger partial charge in [0.1, 0.15) is 5.75 Å². The van der Waals surface area contributed by atoms with E-state index in [0.29, 0.717) is 0 Å². The summed E-state index contributed by atoms with van der Waals surface area (Å²) < 4.78 is 7.30. The predicted molar refractivity (Wildman–Crippen MR) is 86.0 cm³/mol. The summed E-state index contributed by atoms with van der Waals surface area (Å²) in [5.41, 5.74) is 3.23. The lowest BCUT2D eigenvalue weighted by Gasteiger charge is -2.13. The number of hydrogen-bond donors (Lipinski definition) is 1. The van der Waals surface area contributed by atoms with Gasteiger partial charge in [-0.3, -0.25) is 4.40 Å². The van der Waals surface area contributed by atoms with Gasteiger partial charge < -0.3 is 10.1 Å². The first kappa shape index (κ1) is 14.5. The summed E-state index contributed by atoms with van der Waals surface area (Å²) in [6.45, 7) is 4.92. The van der Waals surface area contributed by atoms with E-state index in [0.717, 1.165) is 29.3 Å². The molecule has 5 heteroatoms. The number of ether oxygens (including phenoxy) is 1. The third-order valence-electron chi connectivity index (χ3n) is 3.80. The lowest BCUT2D eigenvalue weighted by Crippen LogP contribution is -2.20. The maximum absolute atomic E-state index is 5.29. The normalized spacial score (nSPS) is 12.5. The molecule has 0 aliphatic carbocycles. The van der Waals surface area contributed by atoms with Crippen molar-refractivity contribution in [3.05, 3.63) is 59.5 Å². The largest absolute Gasteiger partial charge is 0.496 e. The molecule has 2 aromatic heterocycles. The Morgan fingerprint density at radius 3 is 2.86 bits per heavy atom. The molecule has 0 saturated heterocycles. The minimum absolute atomic E-state index is 0.111. The van der Waals surface area contributed by atoms with E-state index in [1.807, 2.05) is 34.9 Å². The number of benzene rings is 1. The number of nitrogens with one attached hydrogen (secondary N) is 1. The summed E-state index contributed by atoms with van der Waals surface area (Å²) in [7, 11) is 1.69. The zero-order valence-corrected chi connectivity index (χ0v) is 13.1. The summed E-state index contributed by atoms with van der Waals surface area (Å²) in [4.78, 5) is 0. The van der Waals surface area contributed by atoms with E-state index in [1.165, 1.54) is 5.56 Å². The lowest BCUT2D eigenvalue weighted by molar-refractivity contribution is 0.411. The number of hydrogen-bond acceptors (Lipinski definition) is 4. The molecule has 0 aliphatic rings. The summed E-state index contributed by atoms with van der Waals surface area (Å²) >= 11 is 0. The van der Waals surface area contributed by atoms with E-state index in [2.05, 4.69) is 41.5 Å². The minimum Gasteiger partial charge on any atom is -0.496 e. The van der Waals surface area contributed by atoms with E-state index in [9.17, 15) is 0 Å². The fraction of sp³-hybridized carbons (Fsp3) is 0.294. The van der Waals surface area contributed by atoms with E-state index in [4.69, 9.17) is 4.74 Å². The van der Waals surface area contributed by atoms with Crippen molar-refractivity contribution in [2.45, 2.75) is 26.4 Å². The second-order valence-electron chi connectivity index (χ2n) is 5.39. The molecule has 114 valence electrons. The molecule has 1 atom stereocenters. The second-order valence-corrected chi connectivity index (χ2v) is 5.39. The molecule has 3 aromatic rings. The number of aromatic nitrogens is 3. The highest BCUT2D eigenvalue weighted by molar-refractivity contribution is 5.38. The van der Waals surface area contributed by atoms with E-state index < -0.39 is 0 Å². The third-order valence-corrected chi connectivity index (χ3v) is 3.80. The smallest absolute Gasteiger partial charge is 0.160 e. The standard InChI is InChI=1S/C17H20N4O/c1-12-10-14(7-8-15(12)22-3)11-18-13(2)17-20-19-16-6-4-5-9-21(16)17/h4-10,13,18H,11H2,1-3H3. The van der Waals surface area contributed by atoms with Gasteiger partial charge in [0, 0.05) is 12.7 Å². The van der Waals surface area contributed by atoms with Gasteiger partial charge in [0.15, 0.2) is 11.5 Å². The molecular formula is C17H20N4O. The fourth-order valence-electron chi connectivity index (χ4n) is 2.57. The predicted octanol–water partition coefficient (Wildman–Crippen LogP) is 2.90. The van der Waals surface area contributed by atoms with E-state index >= 15 is 0 Å². The molecule has 22 heavy (non-hydrogen) atoms. The Kier molecular flexibility index (Phi) is 4.06. The first-order valence-electron chi connectivity index (χ1n) is 7.35. The van der Waals surface area contributed by atoms with Crippen molar-refractivity contribution in [3.63, 3.8) is 0 Å². The molecule has 0 spiro atoms. The van der Waals surface area contributed by atoms with E-state index in [1.54, 1.807) is 7.11 Å². The summed E-state index contributed by atoms with van der Waals surface area (Å²) in [6.07, 6.45) is 1.99. The molecule has 1 unspecified atom stereocenters. The van der Waals surface area contributed by atoms with Crippen molar-refractivity contribution in [1.82, 2.24) is 19.9 Å².